The van der Waals surface area contributed by atoms with Crippen molar-refractivity contribution in [2.75, 3.05) is 0 Å². The molecule has 0 fully saturated rings. The van der Waals surface area contributed by atoms with E-state index >= 15 is 0 Å². The Morgan fingerprint density at radius 2 is 0.902 bits per heavy atom. The number of rotatable bonds is 6. The summed E-state index contributed by atoms with van der Waals surface area (Å²) in [7, 11) is 0. The smallest absolute Gasteiger partial charge is 0.238 e. The Balaban J connectivity index is 0.930. The molecule has 8 aromatic carbocycles. The van der Waals surface area contributed by atoms with Gasteiger partial charge in [0.15, 0.2) is 17.2 Å². The molecule has 0 spiro atoms. The van der Waals surface area contributed by atoms with Crippen molar-refractivity contribution in [2.24, 2.45) is 0 Å². The van der Waals surface area contributed by atoms with E-state index in [0.29, 0.717) is 23.5 Å². The Bertz CT molecular complexity index is 3420. The molecule has 0 amide bonds. The molecule has 11 aromatic rings. The summed E-state index contributed by atoms with van der Waals surface area (Å²) in [5.74, 6) is 2.45. The number of benzene rings is 8. The molecule has 6 nitrogen and oxygen atoms in total. The van der Waals surface area contributed by atoms with Gasteiger partial charge in [-0.2, -0.15) is 9.97 Å². The number of aromatic nitrogens is 5. The van der Waals surface area contributed by atoms with Crippen LogP contribution in [0.2, 0.25) is 0 Å². The fourth-order valence-corrected chi connectivity index (χ4v) is 9.15. The maximum Gasteiger partial charge on any atom is 0.238 e. The molecule has 288 valence electrons. The van der Waals surface area contributed by atoms with E-state index in [1.807, 2.05) is 36.4 Å². The van der Waals surface area contributed by atoms with Crippen LogP contribution in [0.25, 0.3) is 106 Å². The van der Waals surface area contributed by atoms with Crippen LogP contribution in [0, 0.1) is 0 Å². The number of para-hydroxylation sites is 2. The Labute approximate surface area is 352 Å². The highest BCUT2D eigenvalue weighted by atomic mass is 16.3. The van der Waals surface area contributed by atoms with E-state index in [9.17, 15) is 0 Å². The second-order valence-electron chi connectivity index (χ2n) is 16.3. The largest absolute Gasteiger partial charge is 0.436 e. The van der Waals surface area contributed by atoms with Crippen LogP contribution in [0.5, 0.6) is 0 Å². The number of fused-ring (bicyclic) bond motifs is 7. The first-order valence-corrected chi connectivity index (χ1v) is 20.6. The van der Waals surface area contributed by atoms with Gasteiger partial charge < -0.3 is 4.42 Å². The molecule has 61 heavy (non-hydrogen) atoms. The van der Waals surface area contributed by atoms with Crippen LogP contribution in [0.1, 0.15) is 25.0 Å². The molecule has 0 bridgehead atoms. The summed E-state index contributed by atoms with van der Waals surface area (Å²) >= 11 is 0. The van der Waals surface area contributed by atoms with Crippen LogP contribution < -0.4 is 0 Å². The zero-order chi connectivity index (χ0) is 40.7. The topological polar surface area (TPSA) is 69.6 Å². The molecule has 12 rings (SSSR count). The lowest BCUT2D eigenvalue weighted by atomic mass is 9.81. The average Bonchev–Trinajstić information content (AvgIpc) is 3.97. The van der Waals surface area contributed by atoms with Gasteiger partial charge in [-0.25, -0.2) is 9.97 Å². The Kier molecular flexibility index (Phi) is 7.78. The minimum atomic E-state index is -0.224. The van der Waals surface area contributed by atoms with Gasteiger partial charge in [-0.3, -0.25) is 4.57 Å². The fourth-order valence-electron chi connectivity index (χ4n) is 9.15. The number of hydrogen-bond donors (Lipinski definition) is 0. The predicted octanol–water partition coefficient (Wildman–Crippen LogP) is 13.8. The molecule has 0 atom stereocenters. The van der Waals surface area contributed by atoms with Crippen LogP contribution in [0.3, 0.4) is 0 Å². The quantitative estimate of drug-likeness (QED) is 0.168. The van der Waals surface area contributed by atoms with E-state index in [-0.39, 0.29) is 5.41 Å². The van der Waals surface area contributed by atoms with E-state index in [2.05, 4.69) is 170 Å². The summed E-state index contributed by atoms with van der Waals surface area (Å²) in [6.07, 6.45) is 0. The van der Waals surface area contributed by atoms with Crippen molar-refractivity contribution in [3.63, 3.8) is 0 Å². The standard InChI is InChI=1S/C55H37N5O/c1-55(2)45-31-40(29-30-41(45)44-32-47-50(33-46(44)55)61-53(56-47)39-15-7-4-8-16-39)36-23-27-38(28-24-36)52-57-51(37-25-21-35(22-26-37)34-13-5-3-6-14-34)58-54(59-52)60-48-19-11-9-17-42(48)43-18-10-12-20-49(43)60/h3-33H,1-2H3. The van der Waals surface area contributed by atoms with Gasteiger partial charge >= 0.3 is 0 Å². The summed E-state index contributed by atoms with van der Waals surface area (Å²) in [4.78, 5) is 20.4. The van der Waals surface area contributed by atoms with Crippen LogP contribution >= 0.6 is 0 Å². The first-order chi connectivity index (χ1) is 30.0. The third-order valence-electron chi connectivity index (χ3n) is 12.3. The summed E-state index contributed by atoms with van der Waals surface area (Å²) in [6.45, 7) is 4.60. The number of hydrogen-bond acceptors (Lipinski definition) is 5. The maximum absolute atomic E-state index is 6.31. The maximum atomic E-state index is 6.31. The van der Waals surface area contributed by atoms with Crippen molar-refractivity contribution in [2.45, 2.75) is 19.3 Å². The van der Waals surface area contributed by atoms with Crippen LogP contribution in [0.15, 0.2) is 192 Å². The summed E-state index contributed by atoms with van der Waals surface area (Å²) in [5, 5.41) is 2.31. The second kappa shape index (κ2) is 13.5. The predicted molar refractivity (Wildman–Crippen MR) is 246 cm³/mol. The SMILES string of the molecule is CC1(C)c2cc(-c3ccc(-c4nc(-c5ccc(-c6ccccc6)cc5)nc(-n5c6ccccc6c6ccccc65)n4)cc3)ccc2-c2cc3nc(-c4ccccc4)oc3cc21. The van der Waals surface area contributed by atoms with Gasteiger partial charge in [0.25, 0.3) is 0 Å². The van der Waals surface area contributed by atoms with Crippen molar-refractivity contribution in [3.8, 4) is 73.6 Å². The van der Waals surface area contributed by atoms with Crippen molar-refractivity contribution >= 4 is 32.9 Å². The molecule has 3 aromatic heterocycles. The van der Waals surface area contributed by atoms with Gasteiger partial charge in [-0.15, -0.1) is 0 Å². The van der Waals surface area contributed by atoms with Crippen LogP contribution in [-0.4, -0.2) is 24.5 Å². The highest BCUT2D eigenvalue weighted by Gasteiger charge is 2.36. The molecule has 0 radical (unpaired) electrons. The number of nitrogens with zero attached hydrogens (tertiary/aromatic N) is 5. The monoisotopic (exact) mass is 783 g/mol. The lowest BCUT2D eigenvalue weighted by molar-refractivity contribution is 0.614. The number of oxazole rings is 1. The lowest BCUT2D eigenvalue weighted by Gasteiger charge is -2.22. The van der Waals surface area contributed by atoms with Gasteiger partial charge in [0.05, 0.1) is 11.0 Å². The molecule has 0 saturated carbocycles. The minimum Gasteiger partial charge on any atom is -0.436 e. The van der Waals surface area contributed by atoms with E-state index in [1.165, 1.54) is 22.3 Å². The molecular weight excluding hydrogens is 747 g/mol. The minimum absolute atomic E-state index is 0.224. The van der Waals surface area contributed by atoms with Gasteiger partial charge in [0, 0.05) is 32.9 Å². The molecule has 0 saturated heterocycles. The van der Waals surface area contributed by atoms with Gasteiger partial charge in [-0.1, -0.05) is 159 Å². The van der Waals surface area contributed by atoms with Crippen LogP contribution in [-0.2, 0) is 5.41 Å². The van der Waals surface area contributed by atoms with Crippen LogP contribution in [0.4, 0.5) is 0 Å². The van der Waals surface area contributed by atoms with E-state index in [1.54, 1.807) is 0 Å². The third-order valence-corrected chi connectivity index (χ3v) is 12.3. The van der Waals surface area contributed by atoms with Crippen molar-refractivity contribution in [1.29, 1.82) is 0 Å². The lowest BCUT2D eigenvalue weighted by Crippen LogP contribution is -2.15. The van der Waals surface area contributed by atoms with Crippen molar-refractivity contribution in [3.05, 3.63) is 199 Å². The molecule has 0 aliphatic heterocycles. The van der Waals surface area contributed by atoms with E-state index in [4.69, 9.17) is 24.4 Å². The Morgan fingerprint density at radius 3 is 1.52 bits per heavy atom. The normalized spacial score (nSPS) is 12.9. The zero-order valence-electron chi connectivity index (χ0n) is 33.5. The first kappa shape index (κ1) is 35.0. The molecular formula is C55H37N5O. The van der Waals surface area contributed by atoms with E-state index < -0.39 is 0 Å². The zero-order valence-corrected chi connectivity index (χ0v) is 33.5. The molecule has 1 aliphatic carbocycles. The van der Waals surface area contributed by atoms with Gasteiger partial charge in [0.2, 0.25) is 11.8 Å². The van der Waals surface area contributed by atoms with E-state index in [0.717, 1.165) is 71.8 Å². The molecule has 0 unspecified atom stereocenters. The van der Waals surface area contributed by atoms with Gasteiger partial charge in [-0.05, 0) is 87.0 Å². The Hall–Kier alpha value is -7.96. The van der Waals surface area contributed by atoms with Crippen molar-refractivity contribution < 1.29 is 4.42 Å². The fraction of sp³-hybridized carbons (Fsp3) is 0.0545. The highest BCUT2D eigenvalue weighted by molar-refractivity contribution is 6.09. The molecule has 3 heterocycles. The summed E-state index contributed by atoms with van der Waals surface area (Å²) in [5.41, 5.74) is 15.9. The Morgan fingerprint density at radius 1 is 0.410 bits per heavy atom. The molecule has 6 heteroatoms. The second-order valence-corrected chi connectivity index (χ2v) is 16.3. The molecule has 1 aliphatic rings. The molecule has 0 N–H and O–H groups in total. The average molecular weight is 784 g/mol. The van der Waals surface area contributed by atoms with Gasteiger partial charge in [0.1, 0.15) is 5.52 Å². The first-order valence-electron chi connectivity index (χ1n) is 20.6. The highest BCUT2D eigenvalue weighted by Crippen LogP contribution is 2.51. The summed E-state index contributed by atoms with van der Waals surface area (Å²) in [6, 6.07) is 65.6. The summed E-state index contributed by atoms with van der Waals surface area (Å²) < 4.78 is 8.46. The third kappa shape index (κ3) is 5.71. The van der Waals surface area contributed by atoms with Crippen molar-refractivity contribution in [1.82, 2.24) is 24.5 Å².